The normalized spacial score (nSPS) is 16.9. The van der Waals surface area contributed by atoms with Gasteiger partial charge in [0, 0.05) is 30.8 Å². The highest BCUT2D eigenvalue weighted by Gasteiger charge is 2.33. The molecular formula is C21H19N5O2. The molecule has 1 fully saturated rings. The zero-order valence-electron chi connectivity index (χ0n) is 15.2. The number of H-pyrrole nitrogens is 1. The van der Waals surface area contributed by atoms with Gasteiger partial charge in [0.2, 0.25) is 5.91 Å². The van der Waals surface area contributed by atoms with E-state index in [0.717, 1.165) is 17.3 Å². The summed E-state index contributed by atoms with van der Waals surface area (Å²) in [4.78, 5) is 18.8. The number of nitrogens with one attached hydrogen (secondary N) is 1. The first-order chi connectivity index (χ1) is 13.8. The number of para-hydroxylation sites is 1. The number of hydrogen-bond donors (Lipinski definition) is 1. The lowest BCUT2D eigenvalue weighted by molar-refractivity contribution is -0.127. The van der Waals surface area contributed by atoms with Crippen LogP contribution in [0.15, 0.2) is 59.1 Å². The fraction of sp³-hybridized carbons (Fsp3) is 0.238. The molecule has 3 heterocycles. The van der Waals surface area contributed by atoms with Gasteiger partial charge in [-0.05, 0) is 18.1 Å². The van der Waals surface area contributed by atoms with Gasteiger partial charge in [0.15, 0.2) is 11.5 Å². The van der Waals surface area contributed by atoms with Crippen LogP contribution < -0.4 is 0 Å². The minimum Gasteiger partial charge on any atom is -0.342 e. The fourth-order valence-electron chi connectivity index (χ4n) is 3.69. The van der Waals surface area contributed by atoms with E-state index >= 15 is 0 Å². The Bertz CT molecular complexity index is 1120. The largest absolute Gasteiger partial charge is 0.342 e. The maximum Gasteiger partial charge on any atom is 0.279 e. The van der Waals surface area contributed by atoms with E-state index in [-0.39, 0.29) is 11.8 Å². The van der Waals surface area contributed by atoms with Crippen LogP contribution in [0, 0.1) is 0 Å². The van der Waals surface area contributed by atoms with Crippen molar-refractivity contribution in [3.8, 4) is 11.6 Å². The lowest BCUT2D eigenvalue weighted by atomic mass is 10.1. The van der Waals surface area contributed by atoms with E-state index in [4.69, 9.17) is 4.52 Å². The summed E-state index contributed by atoms with van der Waals surface area (Å²) in [5.41, 5.74) is 2.78. The van der Waals surface area contributed by atoms with E-state index in [2.05, 4.69) is 32.5 Å². The first-order valence-corrected chi connectivity index (χ1v) is 9.37. The highest BCUT2D eigenvalue weighted by Crippen LogP contribution is 2.30. The number of rotatable bonds is 5. The Labute approximate surface area is 161 Å². The number of carbonyl (C=O) groups is 1. The molecule has 7 nitrogen and oxygen atoms in total. The van der Waals surface area contributed by atoms with Crippen molar-refractivity contribution >= 4 is 16.8 Å². The van der Waals surface area contributed by atoms with Crippen molar-refractivity contribution in [1.29, 1.82) is 0 Å². The number of aromatic nitrogens is 4. The van der Waals surface area contributed by atoms with Crippen LogP contribution in [-0.2, 0) is 11.2 Å². The Hall–Kier alpha value is -3.48. The van der Waals surface area contributed by atoms with Crippen molar-refractivity contribution < 1.29 is 9.32 Å². The highest BCUT2D eigenvalue weighted by atomic mass is 16.5. The summed E-state index contributed by atoms with van der Waals surface area (Å²) in [6.45, 7) is 1.32. The van der Waals surface area contributed by atoms with Crippen LogP contribution in [0.5, 0.6) is 0 Å². The van der Waals surface area contributed by atoms with Gasteiger partial charge in [0.25, 0.3) is 5.89 Å². The van der Waals surface area contributed by atoms with Crippen LogP contribution in [0.4, 0.5) is 0 Å². The van der Waals surface area contributed by atoms with E-state index in [9.17, 15) is 4.79 Å². The van der Waals surface area contributed by atoms with E-state index in [0.29, 0.717) is 36.9 Å². The number of carbonyl (C=O) groups excluding carboxylic acids is 1. The van der Waals surface area contributed by atoms with Gasteiger partial charge in [-0.2, -0.15) is 10.1 Å². The van der Waals surface area contributed by atoms with E-state index in [1.165, 1.54) is 5.56 Å². The molecule has 1 amide bonds. The van der Waals surface area contributed by atoms with Crippen molar-refractivity contribution in [3.05, 3.63) is 66.0 Å². The molecule has 4 aromatic rings. The molecule has 7 heteroatoms. The smallest absolute Gasteiger partial charge is 0.279 e. The molecule has 2 aromatic heterocycles. The molecule has 140 valence electrons. The van der Waals surface area contributed by atoms with E-state index < -0.39 is 0 Å². The molecule has 1 saturated heterocycles. The molecule has 28 heavy (non-hydrogen) atoms. The fourth-order valence-corrected chi connectivity index (χ4v) is 3.69. The average molecular weight is 373 g/mol. The Morgan fingerprint density at radius 1 is 1.11 bits per heavy atom. The molecule has 0 aliphatic carbocycles. The number of nitrogens with zero attached hydrogens (tertiary/aromatic N) is 4. The van der Waals surface area contributed by atoms with Gasteiger partial charge >= 0.3 is 0 Å². The number of likely N-dealkylation sites (tertiary alicyclic amines) is 1. The number of aromatic amines is 1. The molecule has 5 rings (SSSR count). The van der Waals surface area contributed by atoms with E-state index in [1.807, 2.05) is 47.4 Å². The standard InChI is InChI=1S/C21H19N5O2/c27-18-12-15(13-26(18)11-10-14-6-2-1-3-7-14)20-22-21(28-25-20)19-16-8-4-5-9-17(16)23-24-19/h1-9,15H,10-13H2,(H,23,24). The van der Waals surface area contributed by atoms with Gasteiger partial charge in [-0.25, -0.2) is 0 Å². The Balaban J connectivity index is 1.30. The first-order valence-electron chi connectivity index (χ1n) is 9.37. The van der Waals surface area contributed by atoms with Gasteiger partial charge in [0.05, 0.1) is 5.52 Å². The molecule has 1 N–H and O–H groups in total. The molecule has 0 radical (unpaired) electrons. The van der Waals surface area contributed by atoms with Gasteiger partial charge in [0.1, 0.15) is 0 Å². The highest BCUT2D eigenvalue weighted by molar-refractivity contribution is 5.90. The monoisotopic (exact) mass is 373 g/mol. The predicted octanol–water partition coefficient (Wildman–Crippen LogP) is 3.17. The summed E-state index contributed by atoms with van der Waals surface area (Å²) < 4.78 is 5.46. The van der Waals surface area contributed by atoms with Crippen LogP contribution >= 0.6 is 0 Å². The molecule has 1 unspecified atom stereocenters. The summed E-state index contributed by atoms with van der Waals surface area (Å²) in [5.74, 6) is 1.03. The quantitative estimate of drug-likeness (QED) is 0.580. The molecule has 1 aliphatic rings. The van der Waals surface area contributed by atoms with Gasteiger partial charge in [-0.1, -0.05) is 53.7 Å². The Kier molecular flexibility index (Phi) is 4.12. The minimum absolute atomic E-state index is 0.0500. The SMILES string of the molecule is O=C1CC(c2noc(-c3n[nH]c4ccccc34)n2)CN1CCc1ccccc1. The van der Waals surface area contributed by atoms with Crippen molar-refractivity contribution in [1.82, 2.24) is 25.2 Å². The molecule has 0 saturated carbocycles. The van der Waals surface area contributed by atoms with Crippen molar-refractivity contribution in [3.63, 3.8) is 0 Å². The zero-order valence-corrected chi connectivity index (χ0v) is 15.2. The summed E-state index contributed by atoms with van der Waals surface area (Å²) >= 11 is 0. The third-order valence-electron chi connectivity index (χ3n) is 5.21. The van der Waals surface area contributed by atoms with Crippen LogP contribution in [0.25, 0.3) is 22.5 Å². The Morgan fingerprint density at radius 2 is 1.93 bits per heavy atom. The van der Waals surface area contributed by atoms with Crippen LogP contribution in [0.2, 0.25) is 0 Å². The summed E-state index contributed by atoms with van der Waals surface area (Å²) in [6.07, 6.45) is 1.26. The lowest BCUT2D eigenvalue weighted by Crippen LogP contribution is -2.27. The second-order valence-corrected chi connectivity index (χ2v) is 7.05. The third kappa shape index (κ3) is 3.05. The minimum atomic E-state index is -0.0500. The lowest BCUT2D eigenvalue weighted by Gasteiger charge is -2.15. The number of benzene rings is 2. The van der Waals surface area contributed by atoms with Crippen LogP contribution in [-0.4, -0.2) is 44.2 Å². The molecular weight excluding hydrogens is 354 g/mol. The van der Waals surface area contributed by atoms with Gasteiger partial charge < -0.3 is 9.42 Å². The summed E-state index contributed by atoms with van der Waals surface area (Å²) in [5, 5.41) is 12.3. The van der Waals surface area contributed by atoms with Gasteiger partial charge in [-0.3, -0.25) is 9.89 Å². The summed E-state index contributed by atoms with van der Waals surface area (Å²) in [7, 11) is 0. The Morgan fingerprint density at radius 3 is 2.82 bits per heavy atom. The van der Waals surface area contributed by atoms with Gasteiger partial charge in [-0.15, -0.1) is 0 Å². The molecule has 1 atom stereocenters. The zero-order chi connectivity index (χ0) is 18.9. The number of hydrogen-bond acceptors (Lipinski definition) is 5. The number of fused-ring (bicyclic) bond motifs is 1. The second-order valence-electron chi connectivity index (χ2n) is 7.05. The maximum atomic E-state index is 12.4. The molecule has 0 bridgehead atoms. The molecule has 1 aliphatic heterocycles. The maximum absolute atomic E-state index is 12.4. The second kappa shape index (κ2) is 6.92. The van der Waals surface area contributed by atoms with Crippen LogP contribution in [0.3, 0.4) is 0 Å². The summed E-state index contributed by atoms with van der Waals surface area (Å²) in [6, 6.07) is 18.0. The first kappa shape index (κ1) is 16.7. The average Bonchev–Trinajstić information content (AvgIpc) is 3.45. The van der Waals surface area contributed by atoms with Crippen molar-refractivity contribution in [2.24, 2.45) is 0 Å². The van der Waals surface area contributed by atoms with Crippen molar-refractivity contribution in [2.75, 3.05) is 13.1 Å². The van der Waals surface area contributed by atoms with Crippen molar-refractivity contribution in [2.45, 2.75) is 18.8 Å². The topological polar surface area (TPSA) is 87.9 Å². The van der Waals surface area contributed by atoms with E-state index in [1.54, 1.807) is 0 Å². The predicted molar refractivity (Wildman–Crippen MR) is 103 cm³/mol. The number of amides is 1. The van der Waals surface area contributed by atoms with Crippen LogP contribution in [0.1, 0.15) is 23.7 Å². The molecule has 0 spiro atoms. The molecule has 2 aromatic carbocycles. The third-order valence-corrected chi connectivity index (χ3v) is 5.21.